The molecule has 5 nitrogen and oxygen atoms in total. The molecule has 114 valence electrons. The summed E-state index contributed by atoms with van der Waals surface area (Å²) in [5, 5.41) is 6.02. The monoisotopic (exact) mass is 330 g/mol. The smallest absolute Gasteiger partial charge is 0.257 e. The first kappa shape index (κ1) is 17.3. The van der Waals surface area contributed by atoms with Gasteiger partial charge in [0, 0.05) is 24.7 Å². The van der Waals surface area contributed by atoms with Gasteiger partial charge in [0.1, 0.15) is 5.75 Å². The highest BCUT2D eigenvalue weighted by Gasteiger charge is 2.05. The van der Waals surface area contributed by atoms with Gasteiger partial charge in [-0.2, -0.15) is 0 Å². The maximum Gasteiger partial charge on any atom is 0.257 e. The molecule has 0 bridgehead atoms. The van der Waals surface area contributed by atoms with Crippen molar-refractivity contribution < 1.29 is 14.3 Å². The molecule has 2 N–H and O–H groups in total. The fraction of sp³-hybridized carbons (Fsp3) is 0.286. The molecule has 0 aliphatic rings. The van der Waals surface area contributed by atoms with Crippen LogP contribution in [-0.2, 0) is 9.59 Å². The average molecular weight is 331 g/mol. The second kappa shape index (κ2) is 9.26. The van der Waals surface area contributed by atoms with E-state index in [9.17, 15) is 9.59 Å². The van der Waals surface area contributed by atoms with Gasteiger partial charge in [0.05, 0.1) is 10.0 Å². The van der Waals surface area contributed by atoms with Gasteiger partial charge in [-0.25, -0.2) is 0 Å². The van der Waals surface area contributed by atoms with E-state index >= 15 is 0 Å². The zero-order valence-electron chi connectivity index (χ0n) is 11.5. The molecule has 0 unspecified atom stereocenters. The Morgan fingerprint density at radius 1 is 1.33 bits per heavy atom. The third kappa shape index (κ3) is 6.51. The van der Waals surface area contributed by atoms with Gasteiger partial charge in [0.25, 0.3) is 5.91 Å². The van der Waals surface area contributed by atoms with Crippen molar-refractivity contribution in [3.63, 3.8) is 0 Å². The number of hydrogen-bond donors (Lipinski definition) is 2. The fourth-order valence-electron chi connectivity index (χ4n) is 1.48. The van der Waals surface area contributed by atoms with Gasteiger partial charge < -0.3 is 15.4 Å². The number of hydrogen-bond acceptors (Lipinski definition) is 3. The maximum absolute atomic E-state index is 11.6. The van der Waals surface area contributed by atoms with Gasteiger partial charge in [0.15, 0.2) is 6.61 Å². The zero-order chi connectivity index (χ0) is 15.7. The minimum absolute atomic E-state index is 0.121. The number of nitrogens with one attached hydrogen (secondary N) is 2. The Morgan fingerprint density at radius 2 is 2.10 bits per heavy atom. The second-order valence-corrected chi connectivity index (χ2v) is 4.86. The number of allylic oxidation sites excluding steroid dienone is 1. The summed E-state index contributed by atoms with van der Waals surface area (Å²) in [6.07, 6.45) is 2.91. The van der Waals surface area contributed by atoms with Crippen LogP contribution in [0.4, 0.5) is 0 Å². The second-order valence-electron chi connectivity index (χ2n) is 4.04. The summed E-state index contributed by atoms with van der Waals surface area (Å²) in [5.41, 5.74) is 0.746. The molecule has 2 amide bonds. The van der Waals surface area contributed by atoms with Gasteiger partial charge in [-0.15, -0.1) is 0 Å². The van der Waals surface area contributed by atoms with Gasteiger partial charge >= 0.3 is 0 Å². The van der Waals surface area contributed by atoms with Crippen molar-refractivity contribution >= 4 is 35.5 Å². The summed E-state index contributed by atoms with van der Waals surface area (Å²) in [4.78, 5) is 21.9. The van der Waals surface area contributed by atoms with Gasteiger partial charge in [0.2, 0.25) is 6.41 Å². The van der Waals surface area contributed by atoms with Gasteiger partial charge in [-0.05, 0) is 19.1 Å². The molecule has 21 heavy (non-hydrogen) atoms. The molecule has 0 saturated heterocycles. The van der Waals surface area contributed by atoms with Crippen molar-refractivity contribution in [2.75, 3.05) is 13.2 Å². The number of carbonyl (C=O) groups is 2. The van der Waals surface area contributed by atoms with Crippen molar-refractivity contribution in [1.29, 1.82) is 0 Å². The first-order chi connectivity index (χ1) is 10.1. The lowest BCUT2D eigenvalue weighted by molar-refractivity contribution is -0.123. The van der Waals surface area contributed by atoms with E-state index in [1.54, 1.807) is 31.2 Å². The van der Waals surface area contributed by atoms with E-state index < -0.39 is 0 Å². The predicted molar refractivity (Wildman–Crippen MR) is 82.5 cm³/mol. The quantitative estimate of drug-likeness (QED) is 0.720. The Hall–Kier alpha value is -1.72. The Morgan fingerprint density at radius 3 is 2.71 bits per heavy atom. The van der Waals surface area contributed by atoms with Gasteiger partial charge in [-0.1, -0.05) is 29.3 Å². The van der Waals surface area contributed by atoms with Crippen LogP contribution in [0.25, 0.3) is 0 Å². The van der Waals surface area contributed by atoms with Crippen LogP contribution in [-0.4, -0.2) is 25.5 Å². The SMILES string of the molecule is C/C=C(\CCNC(=O)COc1ccc(Cl)c(Cl)c1)NC=O. The first-order valence-electron chi connectivity index (χ1n) is 6.26. The van der Waals surface area contributed by atoms with E-state index in [1.807, 2.05) is 0 Å². The molecule has 1 aromatic rings. The number of ether oxygens (including phenoxy) is 1. The molecule has 0 atom stereocenters. The summed E-state index contributed by atoms with van der Waals surface area (Å²) >= 11 is 11.6. The molecule has 0 fully saturated rings. The zero-order valence-corrected chi connectivity index (χ0v) is 13.0. The highest BCUT2D eigenvalue weighted by Crippen LogP contribution is 2.26. The minimum Gasteiger partial charge on any atom is -0.484 e. The number of halogens is 2. The van der Waals surface area contributed by atoms with Gasteiger partial charge in [-0.3, -0.25) is 9.59 Å². The number of benzene rings is 1. The van der Waals surface area contributed by atoms with Crippen LogP contribution in [0.3, 0.4) is 0 Å². The molecule has 1 rings (SSSR count). The number of amides is 2. The summed E-state index contributed by atoms with van der Waals surface area (Å²) in [7, 11) is 0. The van der Waals surface area contributed by atoms with Crippen molar-refractivity contribution in [1.82, 2.24) is 10.6 Å². The summed E-state index contributed by atoms with van der Waals surface area (Å²) in [6, 6.07) is 4.77. The maximum atomic E-state index is 11.6. The predicted octanol–water partition coefficient (Wildman–Crippen LogP) is 2.53. The standard InChI is InChI=1S/C14H16Cl2N2O3/c1-2-10(18-9-19)5-6-17-14(20)8-21-11-3-4-12(15)13(16)7-11/h2-4,7,9H,5-6,8H2,1H3,(H,17,20)(H,18,19)/b10-2+. The summed E-state index contributed by atoms with van der Waals surface area (Å²) in [5.74, 6) is 0.207. The van der Waals surface area contributed by atoms with Crippen LogP contribution in [0.15, 0.2) is 30.0 Å². The third-order valence-corrected chi connectivity index (χ3v) is 3.31. The molecule has 0 aromatic heterocycles. The van der Waals surface area contributed by atoms with E-state index in [2.05, 4.69) is 10.6 Å². The largest absolute Gasteiger partial charge is 0.484 e. The average Bonchev–Trinajstić information content (AvgIpc) is 2.47. The molecular weight excluding hydrogens is 315 g/mol. The van der Waals surface area contributed by atoms with Crippen LogP contribution in [0, 0.1) is 0 Å². The Balaban J connectivity index is 2.31. The summed E-state index contributed by atoms with van der Waals surface area (Å²) < 4.78 is 5.29. The minimum atomic E-state index is -0.261. The Kier molecular flexibility index (Phi) is 7.64. The summed E-state index contributed by atoms with van der Waals surface area (Å²) in [6.45, 7) is 2.09. The topological polar surface area (TPSA) is 67.4 Å². The Bertz CT molecular complexity index is 533. The van der Waals surface area contributed by atoms with Crippen molar-refractivity contribution in [2.45, 2.75) is 13.3 Å². The van der Waals surface area contributed by atoms with E-state index in [0.717, 1.165) is 5.70 Å². The van der Waals surface area contributed by atoms with E-state index in [1.165, 1.54) is 0 Å². The van der Waals surface area contributed by atoms with Crippen molar-refractivity contribution in [2.24, 2.45) is 0 Å². The molecule has 0 radical (unpaired) electrons. The lowest BCUT2D eigenvalue weighted by Gasteiger charge is -2.09. The van der Waals surface area contributed by atoms with Crippen LogP contribution in [0.2, 0.25) is 10.0 Å². The van der Waals surface area contributed by atoms with E-state index in [-0.39, 0.29) is 12.5 Å². The normalized spacial score (nSPS) is 10.9. The highest BCUT2D eigenvalue weighted by atomic mass is 35.5. The van der Waals surface area contributed by atoms with Crippen LogP contribution < -0.4 is 15.4 Å². The molecule has 0 aliphatic carbocycles. The number of rotatable bonds is 8. The molecule has 0 saturated carbocycles. The van der Waals surface area contributed by atoms with Crippen molar-refractivity contribution in [3.05, 3.63) is 40.0 Å². The molecular formula is C14H16Cl2N2O3. The first-order valence-corrected chi connectivity index (χ1v) is 7.02. The third-order valence-electron chi connectivity index (χ3n) is 2.57. The van der Waals surface area contributed by atoms with E-state index in [4.69, 9.17) is 27.9 Å². The van der Waals surface area contributed by atoms with Crippen LogP contribution in [0.5, 0.6) is 5.75 Å². The molecule has 0 heterocycles. The molecule has 7 heteroatoms. The molecule has 0 spiro atoms. The molecule has 1 aromatic carbocycles. The van der Waals surface area contributed by atoms with Crippen LogP contribution in [0.1, 0.15) is 13.3 Å². The number of carbonyl (C=O) groups excluding carboxylic acids is 2. The fourth-order valence-corrected chi connectivity index (χ4v) is 1.77. The lowest BCUT2D eigenvalue weighted by Crippen LogP contribution is -2.30. The van der Waals surface area contributed by atoms with Crippen LogP contribution >= 0.6 is 23.2 Å². The Labute approximate surface area is 133 Å². The molecule has 0 aliphatic heterocycles. The van der Waals surface area contributed by atoms with Crippen molar-refractivity contribution in [3.8, 4) is 5.75 Å². The van der Waals surface area contributed by atoms with E-state index in [0.29, 0.717) is 35.2 Å². The lowest BCUT2D eigenvalue weighted by atomic mass is 10.3. The highest BCUT2D eigenvalue weighted by molar-refractivity contribution is 6.42.